The van der Waals surface area contributed by atoms with Crippen LogP contribution in [0.2, 0.25) is 0 Å². The van der Waals surface area contributed by atoms with Crippen molar-refractivity contribution in [3.63, 3.8) is 0 Å². The first-order chi connectivity index (χ1) is 10.1. The molecule has 0 heterocycles. The summed E-state index contributed by atoms with van der Waals surface area (Å²) in [7, 11) is 0. The Hall–Kier alpha value is -0.930. The smallest absolute Gasteiger partial charge is 0.123 e. The van der Waals surface area contributed by atoms with Crippen LogP contribution < -0.4 is 5.73 Å². The Morgan fingerprint density at radius 1 is 1.29 bits per heavy atom. The van der Waals surface area contributed by atoms with E-state index < -0.39 is 0 Å². The van der Waals surface area contributed by atoms with E-state index in [1.807, 2.05) is 6.07 Å². The summed E-state index contributed by atoms with van der Waals surface area (Å²) < 4.78 is 13.4. The molecule has 0 aliphatic heterocycles. The molecule has 0 spiro atoms. The summed E-state index contributed by atoms with van der Waals surface area (Å²) in [5.41, 5.74) is 7.24. The van der Waals surface area contributed by atoms with Crippen molar-refractivity contribution in [1.29, 1.82) is 0 Å². The zero-order valence-electron chi connectivity index (χ0n) is 13.4. The van der Waals surface area contributed by atoms with Crippen molar-refractivity contribution in [2.24, 2.45) is 11.7 Å². The zero-order chi connectivity index (χ0) is 15.2. The third-order valence-corrected chi connectivity index (χ3v) is 4.54. The lowest BCUT2D eigenvalue weighted by atomic mass is 10.0. The summed E-state index contributed by atoms with van der Waals surface area (Å²) in [5, 5.41) is 0. The summed E-state index contributed by atoms with van der Waals surface area (Å²) >= 11 is 0. The van der Waals surface area contributed by atoms with E-state index in [0.717, 1.165) is 18.7 Å². The van der Waals surface area contributed by atoms with Gasteiger partial charge in [-0.05, 0) is 49.4 Å². The predicted octanol–water partition coefficient (Wildman–Crippen LogP) is 4.12. The summed E-state index contributed by atoms with van der Waals surface area (Å²) in [6.45, 7) is 6.46. The zero-order valence-corrected chi connectivity index (χ0v) is 13.4. The molecule has 1 atom stereocenters. The lowest BCUT2D eigenvalue weighted by Crippen LogP contribution is -2.39. The second-order valence-electron chi connectivity index (χ2n) is 6.78. The van der Waals surface area contributed by atoms with Crippen LogP contribution in [0.3, 0.4) is 0 Å². The molecule has 1 fully saturated rings. The average molecular weight is 292 g/mol. The molecule has 0 radical (unpaired) electrons. The van der Waals surface area contributed by atoms with Crippen LogP contribution >= 0.6 is 0 Å². The molecule has 1 aromatic rings. The van der Waals surface area contributed by atoms with Crippen molar-refractivity contribution in [2.45, 2.75) is 58.0 Å². The second kappa shape index (κ2) is 7.90. The van der Waals surface area contributed by atoms with E-state index in [1.165, 1.54) is 38.2 Å². The highest BCUT2D eigenvalue weighted by Crippen LogP contribution is 2.26. The van der Waals surface area contributed by atoms with Gasteiger partial charge < -0.3 is 5.73 Å². The Morgan fingerprint density at radius 3 is 2.62 bits per heavy atom. The highest BCUT2D eigenvalue weighted by atomic mass is 19.1. The lowest BCUT2D eigenvalue weighted by molar-refractivity contribution is 0.177. The summed E-state index contributed by atoms with van der Waals surface area (Å²) in [6.07, 6.45) is 6.43. The van der Waals surface area contributed by atoms with Gasteiger partial charge in [0.1, 0.15) is 5.82 Å². The molecule has 0 amide bonds. The third kappa shape index (κ3) is 5.08. The van der Waals surface area contributed by atoms with Crippen molar-refractivity contribution < 1.29 is 4.39 Å². The molecule has 2 nitrogen and oxygen atoms in total. The Morgan fingerprint density at radius 2 is 2.00 bits per heavy atom. The maximum absolute atomic E-state index is 13.4. The third-order valence-electron chi connectivity index (χ3n) is 4.54. The number of nitrogens with zero attached hydrogens (tertiary/aromatic N) is 1. The van der Waals surface area contributed by atoms with Crippen LogP contribution in [-0.4, -0.2) is 24.0 Å². The summed E-state index contributed by atoms with van der Waals surface area (Å²) in [4.78, 5) is 2.54. The second-order valence-corrected chi connectivity index (χ2v) is 6.78. The molecule has 2 rings (SSSR count). The maximum Gasteiger partial charge on any atom is 0.123 e. The van der Waals surface area contributed by atoms with Crippen molar-refractivity contribution >= 4 is 0 Å². The molecule has 3 heteroatoms. The standard InChI is InChI=1S/C18H29FN2/c1-14(2)10-11-21(17-8-3-4-9-17)13-18(20)15-6-5-7-16(19)12-15/h5-7,12,14,17-18H,3-4,8-11,13,20H2,1-2H3. The Labute approximate surface area is 128 Å². The van der Waals surface area contributed by atoms with Crippen LogP contribution in [0, 0.1) is 11.7 Å². The number of halogens is 1. The Balaban J connectivity index is 1.99. The van der Waals surface area contributed by atoms with Crippen molar-refractivity contribution in [1.82, 2.24) is 4.90 Å². The van der Waals surface area contributed by atoms with Gasteiger partial charge in [0.05, 0.1) is 0 Å². The highest BCUT2D eigenvalue weighted by molar-refractivity contribution is 5.20. The molecule has 0 aromatic heterocycles. The topological polar surface area (TPSA) is 29.3 Å². The van der Waals surface area contributed by atoms with Gasteiger partial charge in [-0.2, -0.15) is 0 Å². The quantitative estimate of drug-likeness (QED) is 0.819. The van der Waals surface area contributed by atoms with Gasteiger partial charge in [-0.3, -0.25) is 4.90 Å². The van der Waals surface area contributed by atoms with Gasteiger partial charge in [-0.25, -0.2) is 4.39 Å². The number of hydrogen-bond acceptors (Lipinski definition) is 2. The fourth-order valence-electron chi connectivity index (χ4n) is 3.21. The number of nitrogens with two attached hydrogens (primary N) is 1. The first kappa shape index (κ1) is 16.4. The minimum atomic E-state index is -0.197. The van der Waals surface area contributed by atoms with Gasteiger partial charge >= 0.3 is 0 Å². The van der Waals surface area contributed by atoms with Crippen molar-refractivity contribution in [2.75, 3.05) is 13.1 Å². The Bertz CT molecular complexity index is 427. The molecule has 1 aromatic carbocycles. The summed E-state index contributed by atoms with van der Waals surface area (Å²) in [5.74, 6) is 0.511. The van der Waals surface area contributed by atoms with Crippen molar-refractivity contribution in [3.8, 4) is 0 Å². The van der Waals surface area contributed by atoms with Gasteiger partial charge in [0, 0.05) is 18.6 Å². The fraction of sp³-hybridized carbons (Fsp3) is 0.667. The number of benzene rings is 1. The predicted molar refractivity (Wildman–Crippen MR) is 86.6 cm³/mol. The first-order valence-corrected chi connectivity index (χ1v) is 8.31. The summed E-state index contributed by atoms with van der Waals surface area (Å²) in [6, 6.07) is 7.29. The molecule has 2 N–H and O–H groups in total. The molecule has 0 saturated heterocycles. The molecule has 1 saturated carbocycles. The molecule has 1 aliphatic carbocycles. The normalized spacial score (nSPS) is 17.8. The molecular weight excluding hydrogens is 263 g/mol. The largest absolute Gasteiger partial charge is 0.323 e. The van der Waals surface area contributed by atoms with E-state index in [-0.39, 0.29) is 11.9 Å². The van der Waals surface area contributed by atoms with Gasteiger partial charge in [0.2, 0.25) is 0 Å². The molecule has 0 bridgehead atoms. The van der Waals surface area contributed by atoms with Gasteiger partial charge in [-0.1, -0.05) is 38.8 Å². The minimum absolute atomic E-state index is 0.103. The molecule has 1 aliphatic rings. The lowest BCUT2D eigenvalue weighted by Gasteiger charge is -2.32. The first-order valence-electron chi connectivity index (χ1n) is 8.31. The molecule has 1 unspecified atom stereocenters. The van der Waals surface area contributed by atoms with Crippen LogP contribution in [0.15, 0.2) is 24.3 Å². The number of rotatable bonds is 7. The molecule has 21 heavy (non-hydrogen) atoms. The molecular formula is C18H29FN2. The monoisotopic (exact) mass is 292 g/mol. The van der Waals surface area contributed by atoms with Crippen LogP contribution in [0.25, 0.3) is 0 Å². The van der Waals surface area contributed by atoms with Gasteiger partial charge in [0.15, 0.2) is 0 Å². The maximum atomic E-state index is 13.4. The van der Waals surface area contributed by atoms with Gasteiger partial charge in [0.25, 0.3) is 0 Å². The average Bonchev–Trinajstić information content (AvgIpc) is 2.97. The van der Waals surface area contributed by atoms with Crippen LogP contribution in [0.5, 0.6) is 0 Å². The molecule has 118 valence electrons. The fourth-order valence-corrected chi connectivity index (χ4v) is 3.21. The van der Waals surface area contributed by atoms with Crippen LogP contribution in [0.1, 0.15) is 57.6 Å². The minimum Gasteiger partial charge on any atom is -0.323 e. The van der Waals surface area contributed by atoms with Gasteiger partial charge in [-0.15, -0.1) is 0 Å². The number of hydrogen-bond donors (Lipinski definition) is 1. The Kier molecular flexibility index (Phi) is 6.19. The van der Waals surface area contributed by atoms with E-state index in [2.05, 4.69) is 18.7 Å². The van der Waals surface area contributed by atoms with Crippen molar-refractivity contribution in [3.05, 3.63) is 35.6 Å². The van der Waals surface area contributed by atoms with E-state index in [9.17, 15) is 4.39 Å². The van der Waals surface area contributed by atoms with Crippen LogP contribution in [0.4, 0.5) is 4.39 Å². The van der Waals surface area contributed by atoms with E-state index in [1.54, 1.807) is 12.1 Å². The van der Waals surface area contributed by atoms with Crippen LogP contribution in [-0.2, 0) is 0 Å². The van der Waals surface area contributed by atoms with E-state index in [0.29, 0.717) is 12.0 Å². The SMILES string of the molecule is CC(C)CCN(CC(N)c1cccc(F)c1)C1CCCC1. The van der Waals surface area contributed by atoms with E-state index in [4.69, 9.17) is 5.73 Å². The van der Waals surface area contributed by atoms with E-state index >= 15 is 0 Å². The highest BCUT2D eigenvalue weighted by Gasteiger charge is 2.24.